The third-order valence-electron chi connectivity index (χ3n) is 4.72. The zero-order chi connectivity index (χ0) is 22.4. The van der Waals surface area contributed by atoms with Crippen LogP contribution in [0, 0.1) is 17.7 Å². The molecule has 7 heteroatoms. The summed E-state index contributed by atoms with van der Waals surface area (Å²) >= 11 is 0. The van der Waals surface area contributed by atoms with Gasteiger partial charge in [0.15, 0.2) is 0 Å². The summed E-state index contributed by atoms with van der Waals surface area (Å²) in [5.41, 5.74) is 5.36. The van der Waals surface area contributed by atoms with E-state index in [2.05, 4.69) is 16.1 Å². The van der Waals surface area contributed by atoms with Crippen LogP contribution in [0.3, 0.4) is 0 Å². The Morgan fingerprint density at radius 2 is 1.77 bits per heavy atom. The number of aliphatic hydroxyl groups is 1. The number of carbonyl (C=O) groups is 1. The molecule has 0 bridgehead atoms. The first kappa shape index (κ1) is 21.7. The molecule has 0 saturated carbocycles. The highest BCUT2D eigenvalue weighted by Gasteiger charge is 2.07. The van der Waals surface area contributed by atoms with Crippen LogP contribution in [0.5, 0.6) is 0 Å². The number of aryl methyl sites for hydroxylation is 1. The summed E-state index contributed by atoms with van der Waals surface area (Å²) in [5, 5.41) is 28.6. The Hall–Kier alpha value is -3.97. The Kier molecular flexibility index (Phi) is 6.79. The van der Waals surface area contributed by atoms with Crippen molar-refractivity contribution in [2.45, 2.75) is 13.3 Å². The van der Waals surface area contributed by atoms with Gasteiger partial charge in [0.2, 0.25) is 0 Å². The lowest BCUT2D eigenvalue weighted by atomic mass is 10.0. The van der Waals surface area contributed by atoms with Gasteiger partial charge in [-0.2, -0.15) is 5.10 Å². The molecule has 31 heavy (non-hydrogen) atoms. The van der Waals surface area contributed by atoms with Crippen molar-refractivity contribution in [1.82, 2.24) is 14.8 Å². The first-order valence-corrected chi connectivity index (χ1v) is 9.62. The number of benzene rings is 2. The van der Waals surface area contributed by atoms with Crippen LogP contribution >= 0.6 is 0 Å². The Morgan fingerprint density at radius 1 is 1.03 bits per heavy atom. The molecule has 0 unspecified atom stereocenters. The fraction of sp³-hybridized carbons (Fsp3) is 0.125. The number of aliphatic hydroxyl groups excluding tert-OH is 1. The maximum Gasteiger partial charge on any atom is 0.150 e. The van der Waals surface area contributed by atoms with Crippen molar-refractivity contribution < 1.29 is 9.90 Å². The van der Waals surface area contributed by atoms with E-state index in [-0.39, 0.29) is 11.3 Å². The highest BCUT2D eigenvalue weighted by atomic mass is 16.2. The lowest BCUT2D eigenvalue weighted by Crippen LogP contribution is -2.30. The third kappa shape index (κ3) is 4.96. The van der Waals surface area contributed by atoms with Crippen LogP contribution in [0.25, 0.3) is 22.0 Å². The zero-order valence-electron chi connectivity index (χ0n) is 17.3. The summed E-state index contributed by atoms with van der Waals surface area (Å²) in [6, 6.07) is 18.7. The molecule has 0 aliphatic rings. The smallest absolute Gasteiger partial charge is 0.150 e. The van der Waals surface area contributed by atoms with Crippen molar-refractivity contribution in [3.8, 4) is 11.1 Å². The van der Waals surface area contributed by atoms with Crippen LogP contribution in [0.4, 0.5) is 0 Å². The van der Waals surface area contributed by atoms with E-state index in [0.717, 1.165) is 46.7 Å². The van der Waals surface area contributed by atoms with Crippen LogP contribution < -0.4 is 5.49 Å². The minimum Gasteiger partial charge on any atom is -0.400 e. The fourth-order valence-electron chi connectivity index (χ4n) is 3.19. The normalized spacial score (nSPS) is 10.3. The maximum absolute atomic E-state index is 10.8. The van der Waals surface area contributed by atoms with Gasteiger partial charge in [-0.3, -0.25) is 20.6 Å². The van der Waals surface area contributed by atoms with Gasteiger partial charge in [0.25, 0.3) is 0 Å². The molecule has 0 radical (unpaired) electrons. The second kappa shape index (κ2) is 9.69. The summed E-state index contributed by atoms with van der Waals surface area (Å²) in [7, 11) is 1.00. The average Bonchev–Trinajstić information content (AvgIpc) is 2.81. The number of carbonyl (C=O) groups excluding carboxylic acids is 1. The van der Waals surface area contributed by atoms with Crippen molar-refractivity contribution in [1.29, 1.82) is 10.8 Å². The monoisotopic (exact) mass is 413 g/mol. The predicted octanol–water partition coefficient (Wildman–Crippen LogP) is 3.38. The lowest BCUT2D eigenvalue weighted by molar-refractivity contribution is 0.112. The molecule has 156 valence electrons. The number of aromatic nitrogens is 3. The van der Waals surface area contributed by atoms with E-state index in [4.69, 9.17) is 15.9 Å². The Bertz CT molecular complexity index is 1290. The fourth-order valence-corrected chi connectivity index (χ4v) is 3.19. The quantitative estimate of drug-likeness (QED) is 0.270. The molecule has 2 aromatic carbocycles. The Balaban J connectivity index is 0.00000132. The maximum atomic E-state index is 10.8. The molecule has 0 saturated heterocycles. The molecule has 0 aliphatic carbocycles. The topological polar surface area (TPSA) is 116 Å². The third-order valence-corrected chi connectivity index (χ3v) is 4.72. The molecule has 0 fully saturated rings. The number of nitrogens with one attached hydrogen (secondary N) is 2. The molecule has 2 aromatic heterocycles. The zero-order valence-corrected chi connectivity index (χ0v) is 17.3. The number of hydrogen-bond acceptors (Lipinski definition) is 6. The minimum absolute atomic E-state index is 0.184. The van der Waals surface area contributed by atoms with Gasteiger partial charge in [0, 0.05) is 36.2 Å². The van der Waals surface area contributed by atoms with Crippen LogP contribution in [0.1, 0.15) is 21.6 Å². The average molecular weight is 413 g/mol. The van der Waals surface area contributed by atoms with Crippen molar-refractivity contribution >= 4 is 23.0 Å². The highest BCUT2D eigenvalue weighted by Crippen LogP contribution is 2.24. The molecule has 2 heterocycles. The SMILES string of the molecule is CO.Cc1ccc(=N)n(C(=N)Cc2ccc3ncc(-c4ccc(C=O)cc4)cc3c2)n1. The van der Waals surface area contributed by atoms with E-state index in [1.807, 2.05) is 43.5 Å². The van der Waals surface area contributed by atoms with Gasteiger partial charge in [-0.25, -0.2) is 4.68 Å². The lowest BCUT2D eigenvalue weighted by Gasteiger charge is -2.09. The van der Waals surface area contributed by atoms with E-state index in [1.54, 1.807) is 24.3 Å². The molecule has 0 atom stereocenters. The van der Waals surface area contributed by atoms with Crippen LogP contribution in [0.2, 0.25) is 0 Å². The Labute approximate surface area is 179 Å². The summed E-state index contributed by atoms with van der Waals surface area (Å²) in [5.74, 6) is 0.242. The van der Waals surface area contributed by atoms with Gasteiger partial charge in [-0.05, 0) is 48.4 Å². The van der Waals surface area contributed by atoms with E-state index in [1.165, 1.54) is 4.68 Å². The molecular weight excluding hydrogens is 390 g/mol. The predicted molar refractivity (Wildman–Crippen MR) is 120 cm³/mol. The molecule has 4 aromatic rings. The molecule has 4 rings (SSSR count). The van der Waals surface area contributed by atoms with E-state index in [9.17, 15) is 4.79 Å². The largest absolute Gasteiger partial charge is 0.400 e. The molecular formula is C24H23N5O2. The van der Waals surface area contributed by atoms with Gasteiger partial charge in [-0.1, -0.05) is 30.3 Å². The molecule has 0 spiro atoms. The van der Waals surface area contributed by atoms with Gasteiger partial charge in [0.05, 0.1) is 11.2 Å². The van der Waals surface area contributed by atoms with Crippen molar-refractivity contribution in [2.24, 2.45) is 0 Å². The first-order valence-electron chi connectivity index (χ1n) is 9.62. The van der Waals surface area contributed by atoms with Crippen molar-refractivity contribution in [2.75, 3.05) is 7.11 Å². The summed E-state index contributed by atoms with van der Waals surface area (Å²) in [6.07, 6.45) is 3.01. The van der Waals surface area contributed by atoms with Crippen LogP contribution in [-0.2, 0) is 6.42 Å². The van der Waals surface area contributed by atoms with Gasteiger partial charge >= 0.3 is 0 Å². The first-order chi connectivity index (χ1) is 15.0. The molecule has 0 amide bonds. The number of pyridine rings is 1. The van der Waals surface area contributed by atoms with Gasteiger partial charge < -0.3 is 5.11 Å². The molecule has 3 N–H and O–H groups in total. The number of fused-ring (bicyclic) bond motifs is 1. The van der Waals surface area contributed by atoms with Crippen molar-refractivity contribution in [3.63, 3.8) is 0 Å². The Morgan fingerprint density at radius 3 is 2.48 bits per heavy atom. The molecule has 7 nitrogen and oxygen atoms in total. The van der Waals surface area contributed by atoms with Gasteiger partial charge in [-0.15, -0.1) is 0 Å². The number of aldehydes is 1. The van der Waals surface area contributed by atoms with E-state index in [0.29, 0.717) is 12.0 Å². The molecule has 0 aliphatic heterocycles. The number of hydrogen-bond donors (Lipinski definition) is 3. The number of nitrogens with zero attached hydrogens (tertiary/aromatic N) is 3. The summed E-state index contributed by atoms with van der Waals surface area (Å²) < 4.78 is 1.35. The van der Waals surface area contributed by atoms with Gasteiger partial charge in [0.1, 0.15) is 17.6 Å². The van der Waals surface area contributed by atoms with E-state index >= 15 is 0 Å². The summed E-state index contributed by atoms with van der Waals surface area (Å²) in [4.78, 5) is 15.4. The highest BCUT2D eigenvalue weighted by molar-refractivity contribution is 5.87. The summed E-state index contributed by atoms with van der Waals surface area (Å²) in [6.45, 7) is 1.84. The van der Waals surface area contributed by atoms with Crippen molar-refractivity contribution in [3.05, 3.63) is 89.2 Å². The van der Waals surface area contributed by atoms with Crippen LogP contribution in [0.15, 0.2) is 66.9 Å². The number of rotatable bonds is 4. The second-order valence-electron chi connectivity index (χ2n) is 6.89. The standard InChI is InChI=1S/C23H19N5O.CH4O/c1-15-2-9-22(24)28(27-15)23(25)11-17-5-8-21-19(10-17)12-20(13-26-21)18-6-3-16(14-29)4-7-18;1-2/h2-10,12-14,24-25H,11H2,1H3;2H,1H3. The second-order valence-corrected chi connectivity index (χ2v) is 6.89. The van der Waals surface area contributed by atoms with E-state index < -0.39 is 0 Å². The van der Waals surface area contributed by atoms with Crippen LogP contribution in [-0.4, -0.2) is 39.1 Å². The minimum atomic E-state index is 0.184.